The lowest BCUT2D eigenvalue weighted by Crippen LogP contribution is -2.57. The molecule has 0 spiro atoms. The van der Waals surface area contributed by atoms with Crippen LogP contribution in [0.15, 0.2) is 9.98 Å². The van der Waals surface area contributed by atoms with Gasteiger partial charge in [0.25, 0.3) is 0 Å². The first kappa shape index (κ1) is 36.7. The number of carbonyl (C=O) groups excluding carboxylic acids is 3. The molecule has 0 aliphatic heterocycles. The standard InChI is InChI=1S/C23H47N11O5S/c1-40-13-9-14(25)18(35)32-16(7-4-11-30-22(26)27)19(36)33-15(6-2-3-10-24)20(37)34-17(21(38)39)8-5-12-31-23(28)29/h14-17H,2-13,24-25H2,1H3,(H,32,35)(H,33,36)(H,34,37)(H,38,39)(H4,26,27,30)(H4,28,29,31). The highest BCUT2D eigenvalue weighted by Gasteiger charge is 2.30. The van der Waals surface area contributed by atoms with E-state index in [1.807, 2.05) is 6.26 Å². The Bertz CT molecular complexity index is 851. The summed E-state index contributed by atoms with van der Waals surface area (Å²) in [5.41, 5.74) is 32.8. The number of rotatable bonds is 22. The van der Waals surface area contributed by atoms with Gasteiger partial charge in [-0.2, -0.15) is 11.8 Å². The molecular weight excluding hydrogens is 542 g/mol. The molecule has 0 aromatic carbocycles. The van der Waals surface area contributed by atoms with Crippen LogP contribution in [-0.2, 0) is 19.2 Å². The molecule has 0 heterocycles. The van der Waals surface area contributed by atoms with Crippen molar-refractivity contribution in [2.24, 2.45) is 44.4 Å². The quantitative estimate of drug-likeness (QED) is 0.0340. The summed E-state index contributed by atoms with van der Waals surface area (Å²) in [5, 5.41) is 17.4. The number of hydrogen-bond donors (Lipinski definition) is 10. The molecule has 0 aromatic heterocycles. The maximum Gasteiger partial charge on any atom is 0.326 e. The average molecular weight is 590 g/mol. The molecule has 4 atom stereocenters. The third-order valence-electron chi connectivity index (χ3n) is 5.69. The third kappa shape index (κ3) is 17.3. The van der Waals surface area contributed by atoms with E-state index in [9.17, 15) is 24.3 Å². The number of aliphatic carboxylic acids is 1. The van der Waals surface area contributed by atoms with Crippen LogP contribution in [0.4, 0.5) is 0 Å². The second kappa shape index (κ2) is 21.5. The van der Waals surface area contributed by atoms with Gasteiger partial charge in [0.1, 0.15) is 18.1 Å². The number of aliphatic imine (C=N–C) groups is 2. The van der Waals surface area contributed by atoms with Crippen LogP contribution in [0.2, 0.25) is 0 Å². The SMILES string of the molecule is CSCCC(N)C(=O)NC(CCCN=C(N)N)C(=O)NC(CCCCN)C(=O)NC(CCCN=C(N)N)C(=O)O. The highest BCUT2D eigenvalue weighted by Crippen LogP contribution is 2.07. The first-order valence-corrected chi connectivity index (χ1v) is 14.5. The predicted octanol–water partition coefficient (Wildman–Crippen LogP) is -3.16. The van der Waals surface area contributed by atoms with E-state index in [2.05, 4.69) is 25.9 Å². The van der Waals surface area contributed by atoms with Gasteiger partial charge in [-0.15, -0.1) is 0 Å². The van der Waals surface area contributed by atoms with Gasteiger partial charge in [0.2, 0.25) is 17.7 Å². The van der Waals surface area contributed by atoms with E-state index in [1.54, 1.807) is 0 Å². The lowest BCUT2D eigenvalue weighted by Gasteiger charge is -2.25. The molecule has 17 heteroatoms. The first-order valence-electron chi connectivity index (χ1n) is 13.1. The minimum absolute atomic E-state index is 0.0682. The molecule has 0 saturated heterocycles. The van der Waals surface area contributed by atoms with E-state index in [0.29, 0.717) is 44.4 Å². The van der Waals surface area contributed by atoms with Crippen molar-refractivity contribution in [1.29, 1.82) is 0 Å². The van der Waals surface area contributed by atoms with Gasteiger partial charge >= 0.3 is 5.97 Å². The Balaban J connectivity index is 5.60. The van der Waals surface area contributed by atoms with Crippen molar-refractivity contribution in [3.05, 3.63) is 0 Å². The van der Waals surface area contributed by atoms with Crippen molar-refractivity contribution in [3.8, 4) is 0 Å². The second-order valence-electron chi connectivity index (χ2n) is 9.09. The number of nitrogens with two attached hydrogens (primary N) is 6. The Hall–Kier alpha value is -3.31. The number of nitrogens with zero attached hydrogens (tertiary/aromatic N) is 2. The lowest BCUT2D eigenvalue weighted by atomic mass is 10.0. The minimum atomic E-state index is -1.24. The van der Waals surface area contributed by atoms with Crippen LogP contribution in [0.1, 0.15) is 51.4 Å². The van der Waals surface area contributed by atoms with Gasteiger partial charge in [-0.1, -0.05) is 0 Å². The molecule has 230 valence electrons. The fourth-order valence-electron chi connectivity index (χ4n) is 3.49. The summed E-state index contributed by atoms with van der Waals surface area (Å²) in [6, 6.07) is -4.14. The van der Waals surface area contributed by atoms with Gasteiger partial charge in [0, 0.05) is 13.1 Å². The number of hydrogen-bond acceptors (Lipinski definition) is 9. The molecule has 0 aromatic rings. The van der Waals surface area contributed by atoms with Crippen molar-refractivity contribution >= 4 is 47.4 Å². The Morgan fingerprint density at radius 2 is 1.18 bits per heavy atom. The van der Waals surface area contributed by atoms with Crippen LogP contribution in [0, 0.1) is 0 Å². The average Bonchev–Trinajstić information content (AvgIpc) is 2.89. The van der Waals surface area contributed by atoms with E-state index < -0.39 is 47.9 Å². The maximum absolute atomic E-state index is 13.3. The number of carboxylic acid groups (broad SMARTS) is 1. The summed E-state index contributed by atoms with van der Waals surface area (Å²) in [4.78, 5) is 58.4. The Morgan fingerprint density at radius 3 is 1.62 bits per heavy atom. The summed E-state index contributed by atoms with van der Waals surface area (Å²) < 4.78 is 0. The summed E-state index contributed by atoms with van der Waals surface area (Å²) in [6.07, 6.45) is 4.50. The highest BCUT2D eigenvalue weighted by molar-refractivity contribution is 7.98. The van der Waals surface area contributed by atoms with Crippen LogP contribution in [-0.4, -0.2) is 96.5 Å². The van der Waals surface area contributed by atoms with Crippen molar-refractivity contribution in [3.63, 3.8) is 0 Å². The Labute approximate surface area is 239 Å². The van der Waals surface area contributed by atoms with Crippen LogP contribution >= 0.6 is 11.8 Å². The molecule has 0 aliphatic rings. The van der Waals surface area contributed by atoms with Crippen LogP contribution < -0.4 is 50.4 Å². The fourth-order valence-corrected chi connectivity index (χ4v) is 3.98. The number of carbonyl (C=O) groups is 4. The zero-order chi connectivity index (χ0) is 30.5. The summed E-state index contributed by atoms with van der Waals surface area (Å²) in [7, 11) is 0. The minimum Gasteiger partial charge on any atom is -0.480 e. The molecule has 4 unspecified atom stereocenters. The Kier molecular flexibility index (Phi) is 19.7. The fraction of sp³-hybridized carbons (Fsp3) is 0.739. The first-order chi connectivity index (χ1) is 18.9. The van der Waals surface area contributed by atoms with Gasteiger partial charge in [0.15, 0.2) is 11.9 Å². The number of nitrogens with one attached hydrogen (secondary N) is 3. The second-order valence-corrected chi connectivity index (χ2v) is 10.1. The van der Waals surface area contributed by atoms with Crippen molar-refractivity contribution < 1.29 is 24.3 Å². The van der Waals surface area contributed by atoms with Crippen molar-refractivity contribution in [2.45, 2.75) is 75.5 Å². The molecule has 3 amide bonds. The molecule has 0 rings (SSSR count). The van der Waals surface area contributed by atoms with E-state index in [1.165, 1.54) is 11.8 Å². The van der Waals surface area contributed by atoms with Crippen molar-refractivity contribution in [2.75, 3.05) is 31.6 Å². The topological polar surface area (TPSA) is 305 Å². The molecule has 0 aliphatic carbocycles. The number of carboxylic acids is 1. The summed E-state index contributed by atoms with van der Waals surface area (Å²) in [5.74, 6) is -2.61. The molecule has 0 saturated carbocycles. The highest BCUT2D eigenvalue weighted by atomic mass is 32.2. The number of thioether (sulfide) groups is 1. The molecule has 16 N–H and O–H groups in total. The smallest absolute Gasteiger partial charge is 0.326 e. The molecule has 0 radical (unpaired) electrons. The number of amides is 3. The zero-order valence-electron chi connectivity index (χ0n) is 23.1. The van der Waals surface area contributed by atoms with E-state index in [-0.39, 0.29) is 44.3 Å². The van der Waals surface area contributed by atoms with Crippen LogP contribution in [0.5, 0.6) is 0 Å². The van der Waals surface area contributed by atoms with Crippen LogP contribution in [0.25, 0.3) is 0 Å². The Morgan fingerprint density at radius 1 is 0.725 bits per heavy atom. The van der Waals surface area contributed by atoms with E-state index in [0.717, 1.165) is 0 Å². The van der Waals surface area contributed by atoms with Gasteiger partial charge in [0.05, 0.1) is 6.04 Å². The number of unbranched alkanes of at least 4 members (excludes halogenated alkanes) is 1. The van der Waals surface area contributed by atoms with Crippen LogP contribution in [0.3, 0.4) is 0 Å². The van der Waals surface area contributed by atoms with Gasteiger partial charge in [-0.3, -0.25) is 24.4 Å². The molecule has 16 nitrogen and oxygen atoms in total. The zero-order valence-corrected chi connectivity index (χ0v) is 24.0. The summed E-state index contributed by atoms with van der Waals surface area (Å²) >= 11 is 1.54. The summed E-state index contributed by atoms with van der Waals surface area (Å²) in [6.45, 7) is 0.794. The van der Waals surface area contributed by atoms with E-state index >= 15 is 0 Å². The molecular formula is C23H47N11O5S. The normalized spacial score (nSPS) is 13.7. The lowest BCUT2D eigenvalue weighted by molar-refractivity contribution is -0.142. The van der Waals surface area contributed by atoms with Gasteiger partial charge < -0.3 is 55.5 Å². The monoisotopic (exact) mass is 589 g/mol. The largest absolute Gasteiger partial charge is 0.480 e. The van der Waals surface area contributed by atoms with Gasteiger partial charge in [-0.05, 0) is 69.9 Å². The maximum atomic E-state index is 13.3. The molecule has 0 fully saturated rings. The van der Waals surface area contributed by atoms with Crippen molar-refractivity contribution in [1.82, 2.24) is 16.0 Å². The van der Waals surface area contributed by atoms with E-state index in [4.69, 9.17) is 34.4 Å². The number of guanidine groups is 2. The third-order valence-corrected chi connectivity index (χ3v) is 6.33. The predicted molar refractivity (Wildman–Crippen MR) is 157 cm³/mol. The molecule has 40 heavy (non-hydrogen) atoms. The molecule has 0 bridgehead atoms. The van der Waals surface area contributed by atoms with Gasteiger partial charge in [-0.25, -0.2) is 4.79 Å².